The first-order valence-corrected chi connectivity index (χ1v) is 8.91. The van der Waals surface area contributed by atoms with Crippen LogP contribution >= 0.6 is 0 Å². The fourth-order valence-electron chi connectivity index (χ4n) is 4.58. The maximum absolute atomic E-state index is 3.83. The Hall–Kier alpha value is -0.120. The Kier molecular flexibility index (Phi) is 5.00. The molecule has 0 aromatic rings. The van der Waals surface area contributed by atoms with Gasteiger partial charge in [0, 0.05) is 37.8 Å². The topological polar surface area (TPSA) is 18.5 Å². The summed E-state index contributed by atoms with van der Waals surface area (Å²) in [5, 5.41) is 3.83. The Morgan fingerprint density at radius 3 is 2.55 bits per heavy atom. The first-order chi connectivity index (χ1) is 9.74. The van der Waals surface area contributed by atoms with Gasteiger partial charge in [-0.2, -0.15) is 0 Å². The molecule has 20 heavy (non-hydrogen) atoms. The third-order valence-corrected chi connectivity index (χ3v) is 6.15. The Morgan fingerprint density at radius 2 is 1.80 bits per heavy atom. The number of piperidine rings is 1. The maximum atomic E-state index is 3.83. The molecule has 2 saturated heterocycles. The molecule has 0 radical (unpaired) electrons. The molecule has 2 heterocycles. The van der Waals surface area contributed by atoms with E-state index in [1.807, 2.05) is 0 Å². The molecule has 116 valence electrons. The van der Waals surface area contributed by atoms with Crippen LogP contribution in [0.2, 0.25) is 0 Å². The van der Waals surface area contributed by atoms with Crippen molar-refractivity contribution >= 4 is 0 Å². The molecular weight excluding hydrogens is 246 g/mol. The first-order valence-electron chi connectivity index (χ1n) is 8.91. The number of hydrogen-bond acceptors (Lipinski definition) is 3. The quantitative estimate of drug-likeness (QED) is 0.837. The third-order valence-electron chi connectivity index (χ3n) is 6.15. The predicted octanol–water partition coefficient (Wildman–Crippen LogP) is 2.32. The van der Waals surface area contributed by atoms with Crippen LogP contribution in [0, 0.1) is 5.92 Å². The fourth-order valence-corrected chi connectivity index (χ4v) is 4.58. The Morgan fingerprint density at radius 1 is 1.00 bits per heavy atom. The zero-order chi connectivity index (χ0) is 13.9. The van der Waals surface area contributed by atoms with E-state index >= 15 is 0 Å². The van der Waals surface area contributed by atoms with Crippen molar-refractivity contribution in [3.63, 3.8) is 0 Å². The lowest BCUT2D eigenvalue weighted by Crippen LogP contribution is -2.58. The molecule has 0 aromatic heterocycles. The molecule has 1 saturated carbocycles. The lowest BCUT2D eigenvalue weighted by Gasteiger charge is -2.46. The predicted molar refractivity (Wildman–Crippen MR) is 85.1 cm³/mol. The normalized spacial score (nSPS) is 39.0. The van der Waals surface area contributed by atoms with Crippen molar-refractivity contribution in [2.75, 3.05) is 33.2 Å². The molecule has 1 N–H and O–H groups in total. The molecule has 1 aliphatic carbocycles. The summed E-state index contributed by atoms with van der Waals surface area (Å²) >= 11 is 0. The average molecular weight is 279 g/mol. The highest BCUT2D eigenvalue weighted by molar-refractivity contribution is 4.91. The smallest absolute Gasteiger partial charge is 0.0223 e. The lowest BCUT2D eigenvalue weighted by molar-refractivity contribution is 0.0538. The summed E-state index contributed by atoms with van der Waals surface area (Å²) in [6, 6.07) is 2.38. The highest BCUT2D eigenvalue weighted by Crippen LogP contribution is 2.29. The molecule has 0 aromatic carbocycles. The summed E-state index contributed by atoms with van der Waals surface area (Å²) < 4.78 is 0. The molecule has 2 aliphatic heterocycles. The maximum Gasteiger partial charge on any atom is 0.0223 e. The minimum absolute atomic E-state index is 0.761. The van der Waals surface area contributed by atoms with Gasteiger partial charge in [0.2, 0.25) is 0 Å². The number of hydrogen-bond donors (Lipinski definition) is 1. The van der Waals surface area contributed by atoms with Gasteiger partial charge in [-0.25, -0.2) is 0 Å². The summed E-state index contributed by atoms with van der Waals surface area (Å²) in [6.07, 6.45) is 10.1. The molecule has 3 atom stereocenters. The van der Waals surface area contributed by atoms with Gasteiger partial charge in [-0.15, -0.1) is 0 Å². The van der Waals surface area contributed by atoms with Crippen molar-refractivity contribution in [1.29, 1.82) is 0 Å². The highest BCUT2D eigenvalue weighted by atomic mass is 15.2. The van der Waals surface area contributed by atoms with Gasteiger partial charge >= 0.3 is 0 Å². The number of likely N-dealkylation sites (tertiary alicyclic amines) is 1. The highest BCUT2D eigenvalue weighted by Gasteiger charge is 2.33. The monoisotopic (exact) mass is 279 g/mol. The number of piperazine rings is 1. The minimum Gasteiger partial charge on any atom is -0.311 e. The Bertz CT molecular complexity index is 301. The molecular formula is C17H33N3. The van der Waals surface area contributed by atoms with Crippen LogP contribution in [0.15, 0.2) is 0 Å². The summed E-state index contributed by atoms with van der Waals surface area (Å²) in [5.41, 5.74) is 0. The number of nitrogens with zero attached hydrogens (tertiary/aromatic N) is 2. The molecule has 3 heteroatoms. The van der Waals surface area contributed by atoms with Crippen LogP contribution in [0.1, 0.15) is 51.9 Å². The SMILES string of the molecule is CC1CC(N2CCNC(C3CCCCC3)C2)CCN1C. The van der Waals surface area contributed by atoms with Crippen molar-refractivity contribution in [1.82, 2.24) is 15.1 Å². The third kappa shape index (κ3) is 3.37. The molecule has 0 amide bonds. The van der Waals surface area contributed by atoms with E-state index in [1.165, 1.54) is 71.1 Å². The Balaban J connectivity index is 1.54. The molecule has 3 rings (SSSR count). The molecule has 3 fully saturated rings. The van der Waals surface area contributed by atoms with Crippen LogP contribution in [0.4, 0.5) is 0 Å². The van der Waals surface area contributed by atoms with E-state index in [2.05, 4.69) is 29.1 Å². The van der Waals surface area contributed by atoms with E-state index in [4.69, 9.17) is 0 Å². The van der Waals surface area contributed by atoms with Gasteiger partial charge in [0.15, 0.2) is 0 Å². The summed E-state index contributed by atoms with van der Waals surface area (Å²) in [4.78, 5) is 5.34. The second-order valence-corrected chi connectivity index (χ2v) is 7.46. The van der Waals surface area contributed by atoms with Crippen LogP contribution in [-0.2, 0) is 0 Å². The molecule has 3 aliphatic rings. The Labute approximate surface area is 125 Å². The van der Waals surface area contributed by atoms with Crippen LogP contribution in [0.25, 0.3) is 0 Å². The van der Waals surface area contributed by atoms with Crippen LogP contribution < -0.4 is 5.32 Å². The van der Waals surface area contributed by atoms with Gasteiger partial charge < -0.3 is 10.2 Å². The van der Waals surface area contributed by atoms with E-state index < -0.39 is 0 Å². The number of rotatable bonds is 2. The van der Waals surface area contributed by atoms with E-state index in [9.17, 15) is 0 Å². The van der Waals surface area contributed by atoms with Gasteiger partial charge in [-0.05, 0) is 52.1 Å². The van der Waals surface area contributed by atoms with Crippen molar-refractivity contribution in [3.8, 4) is 0 Å². The van der Waals surface area contributed by atoms with E-state index in [-0.39, 0.29) is 0 Å². The van der Waals surface area contributed by atoms with Gasteiger partial charge in [0.05, 0.1) is 0 Å². The van der Waals surface area contributed by atoms with Crippen LogP contribution in [0.5, 0.6) is 0 Å². The zero-order valence-corrected chi connectivity index (χ0v) is 13.5. The van der Waals surface area contributed by atoms with Crippen molar-refractivity contribution < 1.29 is 0 Å². The first kappa shape index (κ1) is 14.8. The van der Waals surface area contributed by atoms with Crippen LogP contribution in [0.3, 0.4) is 0 Å². The van der Waals surface area contributed by atoms with Gasteiger partial charge in [-0.3, -0.25) is 4.90 Å². The van der Waals surface area contributed by atoms with Crippen molar-refractivity contribution in [2.45, 2.75) is 70.0 Å². The molecule has 3 unspecified atom stereocenters. The van der Waals surface area contributed by atoms with E-state index in [0.717, 1.165) is 24.0 Å². The van der Waals surface area contributed by atoms with Crippen LogP contribution in [-0.4, -0.2) is 61.2 Å². The lowest BCUT2D eigenvalue weighted by atomic mass is 9.82. The van der Waals surface area contributed by atoms with E-state index in [1.54, 1.807) is 0 Å². The largest absolute Gasteiger partial charge is 0.311 e. The zero-order valence-electron chi connectivity index (χ0n) is 13.5. The second kappa shape index (κ2) is 6.76. The summed E-state index contributed by atoms with van der Waals surface area (Å²) in [6.45, 7) is 7.47. The minimum atomic E-state index is 0.761. The van der Waals surface area contributed by atoms with Crippen molar-refractivity contribution in [3.05, 3.63) is 0 Å². The number of nitrogens with one attached hydrogen (secondary N) is 1. The van der Waals surface area contributed by atoms with E-state index in [0.29, 0.717) is 0 Å². The summed E-state index contributed by atoms with van der Waals surface area (Å²) in [7, 11) is 2.28. The molecule has 0 bridgehead atoms. The van der Waals surface area contributed by atoms with Gasteiger partial charge in [-0.1, -0.05) is 19.3 Å². The summed E-state index contributed by atoms with van der Waals surface area (Å²) in [5.74, 6) is 0.954. The van der Waals surface area contributed by atoms with Gasteiger partial charge in [0.25, 0.3) is 0 Å². The fraction of sp³-hybridized carbons (Fsp3) is 1.00. The van der Waals surface area contributed by atoms with Gasteiger partial charge in [0.1, 0.15) is 0 Å². The standard InChI is InChI=1S/C17H33N3/c1-14-12-16(8-10-19(14)2)20-11-9-18-17(13-20)15-6-4-3-5-7-15/h14-18H,3-13H2,1-2H3. The molecule has 3 nitrogen and oxygen atoms in total. The van der Waals surface area contributed by atoms with Crippen molar-refractivity contribution in [2.24, 2.45) is 5.92 Å². The molecule has 0 spiro atoms. The second-order valence-electron chi connectivity index (χ2n) is 7.46. The average Bonchev–Trinajstić information content (AvgIpc) is 2.51.